The molecule has 2 aliphatic heterocycles. The van der Waals surface area contributed by atoms with Gasteiger partial charge in [0.05, 0.1) is 0 Å². The van der Waals surface area contributed by atoms with Crippen LogP contribution >= 0.6 is 0 Å². The summed E-state index contributed by atoms with van der Waals surface area (Å²) in [6.45, 7) is -0.269. The summed E-state index contributed by atoms with van der Waals surface area (Å²) >= 11 is 0. The molecule has 28 heavy (non-hydrogen) atoms. The Morgan fingerprint density at radius 1 is 0.679 bits per heavy atom. The lowest BCUT2D eigenvalue weighted by Crippen LogP contribution is -2.60. The van der Waals surface area contributed by atoms with E-state index in [1.807, 2.05) is 0 Å². The molecule has 0 aromatic heterocycles. The average Bonchev–Trinajstić information content (AvgIpc) is 3.30. The molecule has 0 fully saturated rings. The Hall–Kier alpha value is -2.90. The van der Waals surface area contributed by atoms with Crippen molar-refractivity contribution >= 4 is 23.2 Å². The second-order valence-corrected chi connectivity index (χ2v) is 6.82. The quantitative estimate of drug-likeness (QED) is 0.751. The Labute approximate surface area is 158 Å². The molecule has 8 heteroatoms. The van der Waals surface area contributed by atoms with Gasteiger partial charge in [0.1, 0.15) is 0 Å². The highest BCUT2D eigenvalue weighted by molar-refractivity contribution is 6.08. The minimum atomic E-state index is -5.17. The van der Waals surface area contributed by atoms with Crippen LogP contribution in [-0.4, -0.2) is 36.7 Å². The van der Waals surface area contributed by atoms with E-state index in [0.29, 0.717) is 20.9 Å². The fourth-order valence-corrected chi connectivity index (χ4v) is 3.71. The van der Waals surface area contributed by atoms with Gasteiger partial charge in [-0.3, -0.25) is 9.59 Å². The maximum Gasteiger partial charge on any atom is 0.396 e. The Kier molecular flexibility index (Phi) is 4.17. The van der Waals surface area contributed by atoms with Crippen molar-refractivity contribution in [2.45, 2.75) is 24.7 Å². The van der Waals surface area contributed by atoms with E-state index in [0.717, 1.165) is 0 Å². The molecule has 0 radical (unpaired) electrons. The zero-order valence-corrected chi connectivity index (χ0v) is 14.7. The molecule has 0 aliphatic carbocycles. The van der Waals surface area contributed by atoms with Gasteiger partial charge in [0, 0.05) is 24.5 Å². The lowest BCUT2D eigenvalue weighted by molar-refractivity contribution is -0.207. The maximum atomic E-state index is 14.6. The first kappa shape index (κ1) is 18.5. The number of hydrogen-bond acceptors (Lipinski definition) is 2. The highest BCUT2D eigenvalue weighted by Crippen LogP contribution is 2.42. The van der Waals surface area contributed by atoms with Crippen LogP contribution in [0.15, 0.2) is 48.5 Å². The second kappa shape index (κ2) is 6.32. The predicted octanol–water partition coefficient (Wildman–Crippen LogP) is 3.44. The fraction of sp³-hybridized carbons (Fsp3) is 0.300. The highest BCUT2D eigenvalue weighted by atomic mass is 19.3. The van der Waals surface area contributed by atoms with Crippen molar-refractivity contribution in [2.75, 3.05) is 22.9 Å². The van der Waals surface area contributed by atoms with Gasteiger partial charge >= 0.3 is 23.7 Å². The first-order valence-corrected chi connectivity index (χ1v) is 8.80. The topological polar surface area (TPSA) is 40.6 Å². The fourth-order valence-electron chi connectivity index (χ4n) is 3.71. The van der Waals surface area contributed by atoms with Gasteiger partial charge in [0.15, 0.2) is 0 Å². The summed E-state index contributed by atoms with van der Waals surface area (Å²) in [7, 11) is 0. The Bertz CT molecular complexity index is 883. The standard InChI is InChI=1S/C20H16F4N2O2/c21-19(22,17(27)25-11-9-13-5-1-3-7-15(13)25)20(23,24)18(28)26-12-10-14-6-2-4-8-16(14)26/h1-8H,9-12H2. The Morgan fingerprint density at radius 3 is 1.43 bits per heavy atom. The van der Waals surface area contributed by atoms with E-state index in [1.165, 1.54) is 24.3 Å². The first-order valence-electron chi connectivity index (χ1n) is 8.80. The Balaban J connectivity index is 1.63. The number of amides is 2. The smallest absolute Gasteiger partial charge is 0.306 e. The SMILES string of the molecule is O=C(N1CCc2ccccc21)C(F)(F)C(F)(F)C(=O)N1CCc2ccccc21. The van der Waals surface area contributed by atoms with Crippen molar-refractivity contribution in [1.29, 1.82) is 0 Å². The van der Waals surface area contributed by atoms with E-state index in [2.05, 4.69) is 0 Å². The molecule has 0 atom stereocenters. The molecule has 2 aliphatic rings. The third-order valence-corrected chi connectivity index (χ3v) is 5.20. The van der Waals surface area contributed by atoms with Crippen molar-refractivity contribution in [1.82, 2.24) is 0 Å². The normalized spacial score (nSPS) is 16.1. The lowest BCUT2D eigenvalue weighted by Gasteiger charge is -2.31. The largest absolute Gasteiger partial charge is 0.396 e. The number of fused-ring (bicyclic) bond motifs is 2. The third-order valence-electron chi connectivity index (χ3n) is 5.20. The van der Waals surface area contributed by atoms with Gasteiger partial charge in [0.25, 0.3) is 0 Å². The van der Waals surface area contributed by atoms with Gasteiger partial charge in [-0.25, -0.2) is 0 Å². The molecule has 0 saturated carbocycles. The lowest BCUT2D eigenvalue weighted by atomic mass is 10.1. The molecule has 0 saturated heterocycles. The minimum Gasteiger partial charge on any atom is -0.306 e. The van der Waals surface area contributed by atoms with E-state index < -0.39 is 23.7 Å². The number of para-hydroxylation sites is 2. The molecule has 4 nitrogen and oxygen atoms in total. The number of nitrogens with zero attached hydrogens (tertiary/aromatic N) is 2. The van der Waals surface area contributed by atoms with Crippen molar-refractivity contribution in [3.05, 3.63) is 59.7 Å². The van der Waals surface area contributed by atoms with Crippen LogP contribution in [-0.2, 0) is 22.4 Å². The van der Waals surface area contributed by atoms with E-state index >= 15 is 0 Å². The molecular formula is C20H16F4N2O2. The highest BCUT2D eigenvalue weighted by Gasteiger charge is 2.69. The zero-order valence-electron chi connectivity index (χ0n) is 14.7. The average molecular weight is 392 g/mol. The maximum absolute atomic E-state index is 14.6. The van der Waals surface area contributed by atoms with Crippen LogP contribution in [0.1, 0.15) is 11.1 Å². The number of alkyl halides is 4. The van der Waals surface area contributed by atoms with Gasteiger partial charge in [0.2, 0.25) is 0 Å². The third kappa shape index (κ3) is 2.58. The van der Waals surface area contributed by atoms with Crippen LogP contribution in [0.3, 0.4) is 0 Å². The number of rotatable bonds is 3. The molecule has 0 N–H and O–H groups in total. The molecule has 2 aromatic carbocycles. The summed E-state index contributed by atoms with van der Waals surface area (Å²) in [5.41, 5.74) is 1.58. The van der Waals surface area contributed by atoms with Crippen molar-refractivity contribution in [2.24, 2.45) is 0 Å². The second-order valence-electron chi connectivity index (χ2n) is 6.82. The number of halogens is 4. The molecule has 0 bridgehead atoms. The first-order chi connectivity index (χ1) is 13.2. The summed E-state index contributed by atoms with van der Waals surface area (Å²) in [4.78, 5) is 26.0. The monoisotopic (exact) mass is 392 g/mol. The number of hydrogen-bond donors (Lipinski definition) is 0. The molecule has 2 aromatic rings. The van der Waals surface area contributed by atoms with Gasteiger partial charge in [-0.2, -0.15) is 17.6 Å². The van der Waals surface area contributed by atoms with Gasteiger partial charge in [-0.15, -0.1) is 0 Å². The van der Waals surface area contributed by atoms with Crippen LogP contribution in [0.5, 0.6) is 0 Å². The molecule has 0 unspecified atom stereocenters. The van der Waals surface area contributed by atoms with Crippen LogP contribution in [0.4, 0.5) is 28.9 Å². The van der Waals surface area contributed by atoms with Crippen molar-refractivity contribution in [3.8, 4) is 0 Å². The van der Waals surface area contributed by atoms with Crippen LogP contribution in [0.2, 0.25) is 0 Å². The molecule has 2 amide bonds. The number of anilines is 2. The van der Waals surface area contributed by atoms with Gasteiger partial charge in [-0.1, -0.05) is 36.4 Å². The summed E-state index contributed by atoms with van der Waals surface area (Å²) in [6.07, 6.45) is 0.577. The Morgan fingerprint density at radius 2 is 1.04 bits per heavy atom. The zero-order chi connectivity index (χ0) is 20.1. The number of carbonyl (C=O) groups is 2. The predicted molar refractivity (Wildman–Crippen MR) is 94.9 cm³/mol. The summed E-state index contributed by atoms with van der Waals surface area (Å²) in [5.74, 6) is -14.5. The van der Waals surface area contributed by atoms with E-state index in [9.17, 15) is 27.2 Å². The van der Waals surface area contributed by atoms with E-state index in [4.69, 9.17) is 0 Å². The molecule has 0 spiro atoms. The van der Waals surface area contributed by atoms with Gasteiger partial charge in [-0.05, 0) is 36.1 Å². The van der Waals surface area contributed by atoms with E-state index in [1.54, 1.807) is 24.3 Å². The van der Waals surface area contributed by atoms with E-state index in [-0.39, 0.29) is 37.3 Å². The van der Waals surface area contributed by atoms with Crippen LogP contribution in [0, 0.1) is 0 Å². The van der Waals surface area contributed by atoms with Crippen molar-refractivity contribution in [3.63, 3.8) is 0 Å². The van der Waals surface area contributed by atoms with Gasteiger partial charge < -0.3 is 9.80 Å². The van der Waals surface area contributed by atoms with Crippen LogP contribution < -0.4 is 9.80 Å². The molecule has 2 heterocycles. The summed E-state index contributed by atoms with van der Waals surface area (Å²) < 4.78 is 58.5. The molecule has 4 rings (SSSR count). The number of benzene rings is 2. The van der Waals surface area contributed by atoms with Crippen molar-refractivity contribution < 1.29 is 27.2 Å². The summed E-state index contributed by atoms with van der Waals surface area (Å²) in [6, 6.07) is 12.6. The summed E-state index contributed by atoms with van der Waals surface area (Å²) in [5, 5.41) is 0. The number of carbonyl (C=O) groups excluding carboxylic acids is 2. The molecule has 146 valence electrons. The molecular weight excluding hydrogens is 376 g/mol. The van der Waals surface area contributed by atoms with Crippen LogP contribution in [0.25, 0.3) is 0 Å². The minimum absolute atomic E-state index is 0.134.